The van der Waals surface area contributed by atoms with Crippen LogP contribution >= 0.6 is 0 Å². The number of ether oxygens (including phenoxy) is 1. The first kappa shape index (κ1) is 20.2. The molecule has 5 rings (SSSR count). The van der Waals surface area contributed by atoms with Gasteiger partial charge < -0.3 is 4.74 Å². The molecule has 31 heavy (non-hydrogen) atoms. The molecule has 160 valence electrons. The topological polar surface area (TPSA) is 63.7 Å². The summed E-state index contributed by atoms with van der Waals surface area (Å²) in [7, 11) is -3.66. The highest BCUT2D eigenvalue weighted by Gasteiger charge is 2.45. The monoisotopic (exact) mass is 439 g/mol. The summed E-state index contributed by atoms with van der Waals surface area (Å²) in [6.07, 6.45) is 1.07. The lowest BCUT2D eigenvalue weighted by Gasteiger charge is -2.43. The fraction of sp³-hybridized carbons (Fsp3) is 0.292. The van der Waals surface area contributed by atoms with Crippen molar-refractivity contribution in [1.29, 1.82) is 0 Å². The second-order valence-corrected chi connectivity index (χ2v) is 10.3. The van der Waals surface area contributed by atoms with E-state index in [1.54, 1.807) is 6.07 Å². The maximum atomic E-state index is 13.9. The van der Waals surface area contributed by atoms with E-state index in [1.165, 1.54) is 22.5 Å². The van der Waals surface area contributed by atoms with E-state index < -0.39 is 21.4 Å². The normalized spacial score (nSPS) is 18.7. The first-order valence-electron chi connectivity index (χ1n) is 10.3. The van der Waals surface area contributed by atoms with Gasteiger partial charge in [-0.1, -0.05) is 48.5 Å². The van der Waals surface area contributed by atoms with Crippen LogP contribution in [0.2, 0.25) is 0 Å². The number of piperidine rings is 1. The summed E-state index contributed by atoms with van der Waals surface area (Å²) in [5, 5.41) is 1.87. The van der Waals surface area contributed by atoms with Gasteiger partial charge in [0, 0.05) is 31.5 Å². The fourth-order valence-corrected chi connectivity index (χ4v) is 6.18. The summed E-state index contributed by atoms with van der Waals surface area (Å²) >= 11 is 0. The third-order valence-electron chi connectivity index (χ3n) is 6.30. The van der Waals surface area contributed by atoms with Crippen LogP contribution in [-0.2, 0) is 15.8 Å². The number of hydrogen-bond acceptors (Lipinski definition) is 4. The fourth-order valence-electron chi connectivity index (χ4n) is 4.63. The molecular formula is C24H22FNO4S. The number of sulfonamides is 1. The standard InChI is InChI=1S/C24H22FNO4S/c25-20-8-4-2-6-18(20)16-31(28,29)26-13-11-24(12-14-26)15-21(27)23-19-7-3-1-5-17(19)9-10-22(23)30-24/h1-10H,11-16H2. The molecular weight excluding hydrogens is 417 g/mol. The first-order valence-corrected chi connectivity index (χ1v) is 11.9. The molecule has 0 unspecified atom stereocenters. The smallest absolute Gasteiger partial charge is 0.218 e. The second kappa shape index (κ2) is 7.43. The number of nitrogens with zero attached hydrogens (tertiary/aromatic N) is 1. The maximum Gasteiger partial charge on any atom is 0.218 e. The van der Waals surface area contributed by atoms with Gasteiger partial charge in [-0.2, -0.15) is 0 Å². The molecule has 0 aliphatic carbocycles. The number of rotatable bonds is 3. The minimum atomic E-state index is -3.66. The number of carbonyl (C=O) groups excluding carboxylic acids is 1. The quantitative estimate of drug-likeness (QED) is 0.610. The van der Waals surface area contributed by atoms with Crippen LogP contribution in [0.25, 0.3) is 10.8 Å². The Morgan fingerprint density at radius 2 is 1.68 bits per heavy atom. The number of ketones is 1. The zero-order valence-corrected chi connectivity index (χ0v) is 17.7. The Bertz CT molecular complexity index is 1280. The van der Waals surface area contributed by atoms with Crippen LogP contribution < -0.4 is 4.74 Å². The highest BCUT2D eigenvalue weighted by atomic mass is 32.2. The summed E-state index contributed by atoms with van der Waals surface area (Å²) in [5.41, 5.74) is 0.0716. The van der Waals surface area contributed by atoms with E-state index in [0.717, 1.165) is 10.8 Å². The Hall–Kier alpha value is -2.77. The van der Waals surface area contributed by atoms with Crippen LogP contribution in [0.4, 0.5) is 4.39 Å². The molecule has 5 nitrogen and oxygen atoms in total. The largest absolute Gasteiger partial charge is 0.486 e. The van der Waals surface area contributed by atoms with Crippen LogP contribution in [0, 0.1) is 5.82 Å². The van der Waals surface area contributed by atoms with Gasteiger partial charge in [-0.3, -0.25) is 4.79 Å². The van der Waals surface area contributed by atoms with Crippen LogP contribution in [0.15, 0.2) is 60.7 Å². The van der Waals surface area contributed by atoms with Crippen LogP contribution in [-0.4, -0.2) is 37.2 Å². The van der Waals surface area contributed by atoms with E-state index in [2.05, 4.69) is 0 Å². The van der Waals surface area contributed by atoms with E-state index in [0.29, 0.717) is 24.2 Å². The predicted octanol–water partition coefficient (Wildman–Crippen LogP) is 4.31. The van der Waals surface area contributed by atoms with Gasteiger partial charge in [0.2, 0.25) is 10.0 Å². The number of carbonyl (C=O) groups is 1. The number of hydrogen-bond donors (Lipinski definition) is 0. The van der Waals surface area contributed by atoms with Crippen molar-refractivity contribution in [2.45, 2.75) is 30.6 Å². The number of fused-ring (bicyclic) bond motifs is 3. The van der Waals surface area contributed by atoms with Gasteiger partial charge in [0.25, 0.3) is 0 Å². The molecule has 0 N–H and O–H groups in total. The van der Waals surface area contributed by atoms with Gasteiger partial charge in [0.15, 0.2) is 5.78 Å². The van der Waals surface area contributed by atoms with Crippen molar-refractivity contribution in [1.82, 2.24) is 4.31 Å². The van der Waals surface area contributed by atoms with E-state index in [-0.39, 0.29) is 36.6 Å². The van der Waals surface area contributed by atoms with Crippen LogP contribution in [0.1, 0.15) is 35.2 Å². The van der Waals surface area contributed by atoms with Crippen LogP contribution in [0.5, 0.6) is 5.75 Å². The SMILES string of the molecule is O=C1CC2(CCN(S(=O)(=O)Cc3ccccc3F)CC2)Oc2ccc3ccccc3c21. The zero-order valence-electron chi connectivity index (χ0n) is 16.9. The molecule has 3 aromatic carbocycles. The highest BCUT2D eigenvalue weighted by Crippen LogP contribution is 2.42. The summed E-state index contributed by atoms with van der Waals surface area (Å²) in [4.78, 5) is 13.1. The highest BCUT2D eigenvalue weighted by molar-refractivity contribution is 7.88. The summed E-state index contributed by atoms with van der Waals surface area (Å²) in [6, 6.07) is 17.4. The molecule has 1 spiro atoms. The molecule has 2 heterocycles. The van der Waals surface area contributed by atoms with Crippen molar-refractivity contribution in [2.24, 2.45) is 0 Å². The molecule has 1 saturated heterocycles. The van der Waals surface area contributed by atoms with Gasteiger partial charge in [0.1, 0.15) is 17.2 Å². The molecule has 7 heteroatoms. The van der Waals surface area contributed by atoms with Gasteiger partial charge in [-0.05, 0) is 22.9 Å². The Morgan fingerprint density at radius 3 is 2.45 bits per heavy atom. The number of halogens is 1. The lowest BCUT2D eigenvalue weighted by Crippen LogP contribution is -2.52. The van der Waals surface area contributed by atoms with Crippen molar-refractivity contribution in [3.63, 3.8) is 0 Å². The Balaban J connectivity index is 1.35. The summed E-state index contributed by atoms with van der Waals surface area (Å²) in [5.74, 6) is -0.302. The number of benzene rings is 3. The molecule has 2 aliphatic heterocycles. The lowest BCUT2D eigenvalue weighted by atomic mass is 9.82. The molecule has 0 bridgehead atoms. The minimum Gasteiger partial charge on any atom is -0.486 e. The average molecular weight is 440 g/mol. The van der Waals surface area contributed by atoms with Gasteiger partial charge in [-0.15, -0.1) is 0 Å². The Morgan fingerprint density at radius 1 is 0.968 bits per heavy atom. The Kier molecular flexibility index (Phi) is 4.83. The zero-order chi connectivity index (χ0) is 21.6. The van der Waals surface area contributed by atoms with E-state index in [4.69, 9.17) is 4.74 Å². The average Bonchev–Trinajstić information content (AvgIpc) is 2.75. The first-order chi connectivity index (χ1) is 14.9. The minimum absolute atomic E-state index is 0.0284. The number of Topliss-reactive ketones (excluding diaryl/α,β-unsaturated/α-hetero) is 1. The molecule has 0 saturated carbocycles. The van der Waals surface area contributed by atoms with E-state index >= 15 is 0 Å². The third-order valence-corrected chi connectivity index (χ3v) is 8.13. The lowest BCUT2D eigenvalue weighted by molar-refractivity contribution is 0.00619. The van der Waals surface area contributed by atoms with Crippen molar-refractivity contribution >= 4 is 26.6 Å². The summed E-state index contributed by atoms with van der Waals surface area (Å²) < 4.78 is 47.3. The van der Waals surface area contributed by atoms with E-state index in [1.807, 2.05) is 36.4 Å². The van der Waals surface area contributed by atoms with Crippen molar-refractivity contribution < 1.29 is 22.3 Å². The molecule has 1 fully saturated rings. The van der Waals surface area contributed by atoms with Gasteiger partial charge in [0.05, 0.1) is 17.7 Å². The maximum absolute atomic E-state index is 13.9. The second-order valence-electron chi connectivity index (χ2n) is 8.29. The third kappa shape index (κ3) is 3.62. The van der Waals surface area contributed by atoms with Gasteiger partial charge in [-0.25, -0.2) is 17.1 Å². The molecule has 0 aromatic heterocycles. The summed E-state index contributed by atoms with van der Waals surface area (Å²) in [6.45, 7) is 0.486. The predicted molar refractivity (Wildman–Crippen MR) is 116 cm³/mol. The van der Waals surface area contributed by atoms with Crippen molar-refractivity contribution in [2.75, 3.05) is 13.1 Å². The Labute approximate surface area is 180 Å². The van der Waals surface area contributed by atoms with Gasteiger partial charge >= 0.3 is 0 Å². The van der Waals surface area contributed by atoms with E-state index in [9.17, 15) is 17.6 Å². The molecule has 2 aliphatic rings. The van der Waals surface area contributed by atoms with Crippen LogP contribution in [0.3, 0.4) is 0 Å². The molecule has 3 aromatic rings. The van der Waals surface area contributed by atoms with Crippen molar-refractivity contribution in [3.8, 4) is 5.75 Å². The molecule has 0 atom stereocenters. The molecule has 0 radical (unpaired) electrons. The van der Waals surface area contributed by atoms with Crippen molar-refractivity contribution in [3.05, 3.63) is 77.6 Å². The molecule has 0 amide bonds.